The standard InChI is InChI=1S/C26H35N5O.HI/c1-3-27-26(28-12-11-22-18-29-24-10-6-7-20(2)25(22)24)30-17-21-8-4-5-9-23(21)19-31-13-15-32-16-14-31;/h4-10,18,29H,3,11-17,19H2,1-2H3,(H2,27,28,30);1H. The molecule has 3 N–H and O–H groups in total. The minimum atomic E-state index is 0. The molecular formula is C26H36IN5O. The number of fused-ring (bicyclic) bond motifs is 1. The van der Waals surface area contributed by atoms with E-state index in [1.807, 2.05) is 0 Å². The zero-order chi connectivity index (χ0) is 22.2. The fraction of sp³-hybridized carbons (Fsp3) is 0.423. The number of hydrogen-bond donors (Lipinski definition) is 3. The molecule has 1 fully saturated rings. The lowest BCUT2D eigenvalue weighted by Crippen LogP contribution is -2.38. The van der Waals surface area contributed by atoms with Gasteiger partial charge in [-0.3, -0.25) is 4.90 Å². The van der Waals surface area contributed by atoms with Crippen LogP contribution in [0.3, 0.4) is 0 Å². The van der Waals surface area contributed by atoms with E-state index >= 15 is 0 Å². The van der Waals surface area contributed by atoms with E-state index in [4.69, 9.17) is 9.73 Å². The average Bonchev–Trinajstić information content (AvgIpc) is 3.23. The molecule has 0 unspecified atom stereocenters. The number of rotatable bonds is 8. The predicted octanol–water partition coefficient (Wildman–Crippen LogP) is 4.22. The largest absolute Gasteiger partial charge is 0.379 e. The minimum absolute atomic E-state index is 0. The number of ether oxygens (including phenoxy) is 1. The van der Waals surface area contributed by atoms with E-state index in [0.717, 1.165) is 58.3 Å². The van der Waals surface area contributed by atoms with Gasteiger partial charge in [-0.2, -0.15) is 0 Å². The number of aliphatic imine (C=N–C) groups is 1. The summed E-state index contributed by atoms with van der Waals surface area (Å²) in [6, 6.07) is 15.1. The van der Waals surface area contributed by atoms with Gasteiger partial charge in [-0.15, -0.1) is 24.0 Å². The summed E-state index contributed by atoms with van der Waals surface area (Å²) < 4.78 is 5.49. The van der Waals surface area contributed by atoms with Gasteiger partial charge in [0.15, 0.2) is 5.96 Å². The number of benzene rings is 2. The Labute approximate surface area is 214 Å². The SMILES string of the molecule is CCNC(=NCc1ccccc1CN1CCOCC1)NCCc1c[nH]c2cccc(C)c12.I. The second-order valence-corrected chi connectivity index (χ2v) is 8.34. The molecule has 0 saturated carbocycles. The zero-order valence-corrected chi connectivity index (χ0v) is 22.0. The number of nitrogens with zero attached hydrogens (tertiary/aromatic N) is 2. The van der Waals surface area contributed by atoms with E-state index in [1.165, 1.54) is 33.2 Å². The topological polar surface area (TPSA) is 64.7 Å². The third-order valence-corrected chi connectivity index (χ3v) is 6.05. The summed E-state index contributed by atoms with van der Waals surface area (Å²) in [5.41, 5.74) is 6.50. The van der Waals surface area contributed by atoms with Crippen molar-refractivity contribution in [2.45, 2.75) is 33.4 Å². The second kappa shape index (κ2) is 13.0. The summed E-state index contributed by atoms with van der Waals surface area (Å²) in [6.45, 7) is 11.2. The molecule has 0 radical (unpaired) electrons. The van der Waals surface area contributed by atoms with Crippen LogP contribution in [0.15, 0.2) is 53.7 Å². The van der Waals surface area contributed by atoms with Crippen molar-refractivity contribution < 1.29 is 4.74 Å². The lowest BCUT2D eigenvalue weighted by molar-refractivity contribution is 0.0341. The Morgan fingerprint density at radius 2 is 1.82 bits per heavy atom. The number of aromatic nitrogens is 1. The maximum Gasteiger partial charge on any atom is 0.191 e. The van der Waals surface area contributed by atoms with Crippen molar-refractivity contribution in [1.82, 2.24) is 20.5 Å². The van der Waals surface area contributed by atoms with Crippen molar-refractivity contribution in [3.63, 3.8) is 0 Å². The first-order valence-corrected chi connectivity index (χ1v) is 11.7. The molecule has 0 atom stereocenters. The van der Waals surface area contributed by atoms with E-state index in [1.54, 1.807) is 0 Å². The Balaban J connectivity index is 0.00000306. The lowest BCUT2D eigenvalue weighted by atomic mass is 10.1. The van der Waals surface area contributed by atoms with Crippen LogP contribution in [0.5, 0.6) is 0 Å². The molecule has 1 aromatic heterocycles. The number of aryl methyl sites for hydroxylation is 1. The van der Waals surface area contributed by atoms with E-state index < -0.39 is 0 Å². The Kier molecular flexibility index (Phi) is 10.0. The normalized spacial score (nSPS) is 14.8. The first-order valence-electron chi connectivity index (χ1n) is 11.7. The van der Waals surface area contributed by atoms with Crippen LogP contribution in [0.2, 0.25) is 0 Å². The fourth-order valence-corrected chi connectivity index (χ4v) is 4.34. The molecule has 1 aliphatic rings. The van der Waals surface area contributed by atoms with Crippen molar-refractivity contribution in [3.05, 3.63) is 70.9 Å². The van der Waals surface area contributed by atoms with Crippen LogP contribution in [-0.4, -0.2) is 55.2 Å². The quantitative estimate of drug-likeness (QED) is 0.219. The zero-order valence-electron chi connectivity index (χ0n) is 19.7. The van der Waals surface area contributed by atoms with Crippen LogP contribution < -0.4 is 10.6 Å². The Morgan fingerprint density at radius 1 is 1.03 bits per heavy atom. The Bertz CT molecular complexity index is 1040. The van der Waals surface area contributed by atoms with E-state index in [2.05, 4.69) is 83.0 Å². The molecule has 178 valence electrons. The van der Waals surface area contributed by atoms with Gasteiger partial charge < -0.3 is 20.4 Å². The molecule has 0 bridgehead atoms. The van der Waals surface area contributed by atoms with Gasteiger partial charge in [0.2, 0.25) is 0 Å². The van der Waals surface area contributed by atoms with E-state index in [-0.39, 0.29) is 24.0 Å². The maximum atomic E-state index is 5.49. The van der Waals surface area contributed by atoms with Gasteiger partial charge in [0.1, 0.15) is 0 Å². The van der Waals surface area contributed by atoms with Gasteiger partial charge in [-0.1, -0.05) is 36.4 Å². The van der Waals surface area contributed by atoms with Gasteiger partial charge in [0.25, 0.3) is 0 Å². The highest BCUT2D eigenvalue weighted by Crippen LogP contribution is 2.22. The number of H-pyrrole nitrogens is 1. The van der Waals surface area contributed by atoms with Gasteiger partial charge in [0, 0.05) is 49.8 Å². The molecule has 1 aliphatic heterocycles. The number of morpholine rings is 1. The smallest absolute Gasteiger partial charge is 0.191 e. The third kappa shape index (κ3) is 6.94. The molecule has 1 saturated heterocycles. The predicted molar refractivity (Wildman–Crippen MR) is 148 cm³/mol. The van der Waals surface area contributed by atoms with Crippen LogP contribution >= 0.6 is 24.0 Å². The molecule has 7 heteroatoms. The number of halogens is 1. The first kappa shape index (κ1) is 25.5. The molecular weight excluding hydrogens is 525 g/mol. The highest BCUT2D eigenvalue weighted by atomic mass is 127. The van der Waals surface area contributed by atoms with E-state index in [9.17, 15) is 0 Å². The third-order valence-electron chi connectivity index (χ3n) is 6.05. The van der Waals surface area contributed by atoms with Crippen LogP contribution in [-0.2, 0) is 24.2 Å². The van der Waals surface area contributed by atoms with Gasteiger partial charge >= 0.3 is 0 Å². The van der Waals surface area contributed by atoms with Crippen LogP contribution in [0.1, 0.15) is 29.2 Å². The molecule has 4 rings (SSSR count). The second-order valence-electron chi connectivity index (χ2n) is 8.34. The van der Waals surface area contributed by atoms with Crippen molar-refractivity contribution in [3.8, 4) is 0 Å². The molecule has 0 aliphatic carbocycles. The Hall–Kier alpha value is -2.10. The van der Waals surface area contributed by atoms with Crippen LogP contribution in [0.25, 0.3) is 10.9 Å². The maximum absolute atomic E-state index is 5.49. The van der Waals surface area contributed by atoms with Crippen molar-refractivity contribution in [1.29, 1.82) is 0 Å². The monoisotopic (exact) mass is 561 g/mol. The number of aromatic amines is 1. The molecule has 3 aromatic rings. The summed E-state index contributed by atoms with van der Waals surface area (Å²) in [4.78, 5) is 10.7. The van der Waals surface area contributed by atoms with Gasteiger partial charge in [0.05, 0.1) is 19.8 Å². The fourth-order valence-electron chi connectivity index (χ4n) is 4.34. The summed E-state index contributed by atoms with van der Waals surface area (Å²) >= 11 is 0. The van der Waals surface area contributed by atoms with Gasteiger partial charge in [-0.25, -0.2) is 4.99 Å². The molecule has 2 aromatic carbocycles. The number of nitrogens with one attached hydrogen (secondary N) is 3. The van der Waals surface area contributed by atoms with Crippen molar-refractivity contribution >= 4 is 40.8 Å². The molecule has 2 heterocycles. The molecule has 0 amide bonds. The summed E-state index contributed by atoms with van der Waals surface area (Å²) in [5, 5.41) is 8.24. The molecule has 0 spiro atoms. The summed E-state index contributed by atoms with van der Waals surface area (Å²) in [7, 11) is 0. The highest BCUT2D eigenvalue weighted by Gasteiger charge is 2.13. The lowest BCUT2D eigenvalue weighted by Gasteiger charge is -2.27. The van der Waals surface area contributed by atoms with Crippen LogP contribution in [0.4, 0.5) is 0 Å². The average molecular weight is 562 g/mol. The minimum Gasteiger partial charge on any atom is -0.379 e. The van der Waals surface area contributed by atoms with Crippen molar-refractivity contribution in [2.24, 2.45) is 4.99 Å². The van der Waals surface area contributed by atoms with Crippen molar-refractivity contribution in [2.75, 3.05) is 39.4 Å². The molecule has 6 nitrogen and oxygen atoms in total. The Morgan fingerprint density at radius 3 is 2.61 bits per heavy atom. The van der Waals surface area contributed by atoms with E-state index in [0.29, 0.717) is 6.54 Å². The summed E-state index contributed by atoms with van der Waals surface area (Å²) in [6.07, 6.45) is 3.08. The molecule has 33 heavy (non-hydrogen) atoms. The van der Waals surface area contributed by atoms with Crippen LogP contribution in [0, 0.1) is 6.92 Å². The summed E-state index contributed by atoms with van der Waals surface area (Å²) in [5.74, 6) is 0.866. The first-order chi connectivity index (χ1) is 15.7. The number of guanidine groups is 1. The van der Waals surface area contributed by atoms with Gasteiger partial charge in [-0.05, 0) is 48.6 Å². The number of hydrogen-bond acceptors (Lipinski definition) is 3. The highest BCUT2D eigenvalue weighted by molar-refractivity contribution is 14.0.